The third kappa shape index (κ3) is 2.97. The van der Waals surface area contributed by atoms with E-state index in [4.69, 9.17) is 16.3 Å². The van der Waals surface area contributed by atoms with Crippen LogP contribution in [0.25, 0.3) is 0 Å². The van der Waals surface area contributed by atoms with E-state index >= 15 is 0 Å². The number of rotatable bonds is 3. The number of morpholine rings is 1. The van der Waals surface area contributed by atoms with Crippen molar-refractivity contribution in [2.75, 3.05) is 31.6 Å². The summed E-state index contributed by atoms with van der Waals surface area (Å²) in [5.74, 6) is 0. The maximum absolute atomic E-state index is 6.40. The van der Waals surface area contributed by atoms with Gasteiger partial charge in [-0.3, -0.25) is 0 Å². The predicted molar refractivity (Wildman–Crippen MR) is 76.6 cm³/mol. The van der Waals surface area contributed by atoms with E-state index in [9.17, 15) is 0 Å². The van der Waals surface area contributed by atoms with Crippen LogP contribution in [0.2, 0.25) is 5.02 Å². The molecule has 0 bridgehead atoms. The number of nitrogens with zero attached hydrogens (tertiary/aromatic N) is 1. The van der Waals surface area contributed by atoms with Crippen LogP contribution in [0.1, 0.15) is 25.5 Å². The fraction of sp³-hybridized carbons (Fsp3) is 0.571. The van der Waals surface area contributed by atoms with Gasteiger partial charge in [0.25, 0.3) is 0 Å². The minimum atomic E-state index is 0.269. The molecule has 1 saturated heterocycles. The minimum absolute atomic E-state index is 0.269. The van der Waals surface area contributed by atoms with Crippen LogP contribution >= 0.6 is 11.6 Å². The molecule has 100 valence electrons. The second-order valence-corrected chi connectivity index (χ2v) is 5.26. The van der Waals surface area contributed by atoms with Gasteiger partial charge in [-0.05, 0) is 38.6 Å². The molecular weight excluding hydrogens is 248 g/mol. The largest absolute Gasteiger partial charge is 0.375 e. The molecule has 0 amide bonds. The minimum Gasteiger partial charge on any atom is -0.375 e. The number of hydrogen-bond donors (Lipinski definition) is 1. The summed E-state index contributed by atoms with van der Waals surface area (Å²) in [7, 11) is 1.95. The van der Waals surface area contributed by atoms with Crippen molar-refractivity contribution in [3.63, 3.8) is 0 Å². The second-order valence-electron chi connectivity index (χ2n) is 4.85. The molecule has 1 aliphatic rings. The molecule has 0 aromatic heterocycles. The summed E-state index contributed by atoms with van der Waals surface area (Å²) in [4.78, 5) is 2.30. The molecule has 18 heavy (non-hydrogen) atoms. The molecule has 0 saturated carbocycles. The Morgan fingerprint density at radius 3 is 2.89 bits per heavy atom. The predicted octanol–water partition coefficient (Wildman–Crippen LogP) is 2.85. The molecule has 2 atom stereocenters. The van der Waals surface area contributed by atoms with Crippen LogP contribution in [0.15, 0.2) is 18.2 Å². The van der Waals surface area contributed by atoms with E-state index in [1.54, 1.807) is 0 Å². The molecule has 1 heterocycles. The Bertz CT molecular complexity index is 411. The highest BCUT2D eigenvalue weighted by atomic mass is 35.5. The molecule has 1 aliphatic heterocycles. The van der Waals surface area contributed by atoms with Crippen LogP contribution in [-0.4, -0.2) is 32.8 Å². The van der Waals surface area contributed by atoms with Crippen molar-refractivity contribution < 1.29 is 4.74 Å². The van der Waals surface area contributed by atoms with Crippen LogP contribution in [0, 0.1) is 0 Å². The first-order valence-corrected chi connectivity index (χ1v) is 6.83. The van der Waals surface area contributed by atoms with E-state index in [0.717, 1.165) is 30.4 Å². The molecule has 1 N–H and O–H groups in total. The zero-order chi connectivity index (χ0) is 13.1. The zero-order valence-corrected chi connectivity index (χ0v) is 12.0. The van der Waals surface area contributed by atoms with Crippen LogP contribution in [-0.2, 0) is 4.74 Å². The summed E-state index contributed by atoms with van der Waals surface area (Å²) in [5, 5.41) is 4.05. The number of hydrogen-bond acceptors (Lipinski definition) is 3. The molecule has 2 unspecified atom stereocenters. The average Bonchev–Trinajstić information content (AvgIpc) is 2.37. The van der Waals surface area contributed by atoms with Crippen molar-refractivity contribution in [1.82, 2.24) is 5.32 Å². The van der Waals surface area contributed by atoms with Gasteiger partial charge in [-0.2, -0.15) is 0 Å². The topological polar surface area (TPSA) is 24.5 Å². The molecule has 1 aromatic carbocycles. The summed E-state index contributed by atoms with van der Waals surface area (Å²) in [6.45, 7) is 6.80. The van der Waals surface area contributed by atoms with Crippen molar-refractivity contribution in [3.8, 4) is 0 Å². The van der Waals surface area contributed by atoms with E-state index < -0.39 is 0 Å². The van der Waals surface area contributed by atoms with E-state index in [1.807, 2.05) is 7.05 Å². The Morgan fingerprint density at radius 2 is 2.28 bits per heavy atom. The fourth-order valence-corrected chi connectivity index (χ4v) is 2.56. The van der Waals surface area contributed by atoms with Gasteiger partial charge in [0.15, 0.2) is 0 Å². The quantitative estimate of drug-likeness (QED) is 0.912. The van der Waals surface area contributed by atoms with Crippen molar-refractivity contribution in [1.29, 1.82) is 0 Å². The molecule has 3 nitrogen and oxygen atoms in total. The molecule has 4 heteroatoms. The lowest BCUT2D eigenvalue weighted by Gasteiger charge is -2.33. The summed E-state index contributed by atoms with van der Waals surface area (Å²) in [6, 6.07) is 6.63. The lowest BCUT2D eigenvalue weighted by Crippen LogP contribution is -2.41. The fourth-order valence-electron chi connectivity index (χ4n) is 2.25. The third-order valence-electron chi connectivity index (χ3n) is 3.49. The normalized spacial score (nSPS) is 22.0. The number of ether oxygens (including phenoxy) is 1. The molecule has 1 aromatic rings. The van der Waals surface area contributed by atoms with Crippen LogP contribution in [0.5, 0.6) is 0 Å². The molecule has 0 aliphatic carbocycles. The van der Waals surface area contributed by atoms with Crippen LogP contribution in [0.4, 0.5) is 5.69 Å². The zero-order valence-electron chi connectivity index (χ0n) is 11.2. The average molecular weight is 269 g/mol. The highest BCUT2D eigenvalue weighted by Gasteiger charge is 2.19. The Labute approximate surface area is 114 Å². The Kier molecular flexibility index (Phi) is 4.49. The molecule has 0 radical (unpaired) electrons. The standard InChI is InChI=1S/C14H21ClN2O/c1-10-9-17(6-7-18-10)14-5-4-12(8-13(14)15)11(2)16-3/h4-5,8,10-11,16H,6-7,9H2,1-3H3. The van der Waals surface area contributed by atoms with Crippen molar-refractivity contribution in [3.05, 3.63) is 28.8 Å². The first-order chi connectivity index (χ1) is 8.61. The Hall–Kier alpha value is -0.770. The molecule has 2 rings (SSSR count). The lowest BCUT2D eigenvalue weighted by molar-refractivity contribution is 0.0532. The summed E-state index contributed by atoms with van der Waals surface area (Å²) < 4.78 is 5.55. The number of benzene rings is 1. The lowest BCUT2D eigenvalue weighted by atomic mass is 10.1. The first kappa shape index (κ1) is 13.7. The van der Waals surface area contributed by atoms with Gasteiger partial charge in [0, 0.05) is 19.1 Å². The summed E-state index contributed by atoms with van der Waals surface area (Å²) >= 11 is 6.40. The van der Waals surface area contributed by atoms with Gasteiger partial charge in [0.2, 0.25) is 0 Å². The second kappa shape index (κ2) is 5.91. The van der Waals surface area contributed by atoms with E-state index in [2.05, 4.69) is 42.3 Å². The van der Waals surface area contributed by atoms with Gasteiger partial charge in [-0.1, -0.05) is 17.7 Å². The van der Waals surface area contributed by atoms with Crippen molar-refractivity contribution in [2.24, 2.45) is 0 Å². The summed E-state index contributed by atoms with van der Waals surface area (Å²) in [5.41, 5.74) is 2.33. The highest BCUT2D eigenvalue weighted by molar-refractivity contribution is 6.33. The van der Waals surface area contributed by atoms with Crippen molar-refractivity contribution >= 4 is 17.3 Å². The van der Waals surface area contributed by atoms with Gasteiger partial charge in [-0.15, -0.1) is 0 Å². The van der Waals surface area contributed by atoms with Gasteiger partial charge in [0.05, 0.1) is 23.4 Å². The van der Waals surface area contributed by atoms with Gasteiger partial charge in [-0.25, -0.2) is 0 Å². The molecular formula is C14H21ClN2O. The van der Waals surface area contributed by atoms with Crippen molar-refractivity contribution in [2.45, 2.75) is 26.0 Å². The van der Waals surface area contributed by atoms with Gasteiger partial charge in [0.1, 0.15) is 0 Å². The Balaban J connectivity index is 2.19. The number of halogens is 1. The molecule has 1 fully saturated rings. The van der Waals surface area contributed by atoms with Crippen LogP contribution < -0.4 is 10.2 Å². The van der Waals surface area contributed by atoms with E-state index in [0.29, 0.717) is 6.04 Å². The SMILES string of the molecule is CNC(C)c1ccc(N2CCOC(C)C2)c(Cl)c1. The van der Waals surface area contributed by atoms with Crippen LogP contribution in [0.3, 0.4) is 0 Å². The van der Waals surface area contributed by atoms with E-state index in [1.165, 1.54) is 5.56 Å². The molecule has 0 spiro atoms. The first-order valence-electron chi connectivity index (χ1n) is 6.45. The smallest absolute Gasteiger partial charge is 0.0722 e. The number of anilines is 1. The highest BCUT2D eigenvalue weighted by Crippen LogP contribution is 2.30. The number of nitrogens with one attached hydrogen (secondary N) is 1. The van der Waals surface area contributed by atoms with E-state index in [-0.39, 0.29) is 6.10 Å². The summed E-state index contributed by atoms with van der Waals surface area (Å²) in [6.07, 6.45) is 0.269. The monoisotopic (exact) mass is 268 g/mol. The maximum Gasteiger partial charge on any atom is 0.0722 e. The van der Waals surface area contributed by atoms with Gasteiger partial charge < -0.3 is 15.0 Å². The van der Waals surface area contributed by atoms with Gasteiger partial charge >= 0.3 is 0 Å². The Morgan fingerprint density at radius 1 is 1.50 bits per heavy atom. The third-order valence-corrected chi connectivity index (χ3v) is 3.79. The maximum atomic E-state index is 6.40.